The number of likely N-dealkylation sites (tertiary alicyclic amines) is 1. The summed E-state index contributed by atoms with van der Waals surface area (Å²) in [6.07, 6.45) is 7.00. The summed E-state index contributed by atoms with van der Waals surface area (Å²) in [6.45, 7) is 5.59. The highest BCUT2D eigenvalue weighted by Crippen LogP contribution is 2.38. The number of hydrogen-bond acceptors (Lipinski definition) is 3. The van der Waals surface area contributed by atoms with Gasteiger partial charge in [-0.2, -0.15) is 0 Å². The molecule has 1 aliphatic heterocycles. The van der Waals surface area contributed by atoms with Gasteiger partial charge in [0, 0.05) is 18.6 Å². The van der Waals surface area contributed by atoms with Gasteiger partial charge in [-0.3, -0.25) is 0 Å². The van der Waals surface area contributed by atoms with E-state index in [4.69, 9.17) is 5.11 Å². The third-order valence-electron chi connectivity index (χ3n) is 6.52. The first-order valence-electron chi connectivity index (χ1n) is 11.1. The first-order valence-corrected chi connectivity index (χ1v) is 11.1. The standard InChI is InChI=1S/C26H32N2O2/c1-19(17-21-5-3-2-4-6-21)24-18-25(24)27-23-12-15-28(16-13-23)14-11-20-7-9-22(10-8-20)26(29)30/h2-10,17,23-25,27H,11-16,18H2,1H3,(H,29,30)/t24-,25+/m0/s1. The Morgan fingerprint density at radius 1 is 1.10 bits per heavy atom. The Hall–Kier alpha value is -2.43. The summed E-state index contributed by atoms with van der Waals surface area (Å²) >= 11 is 0. The molecular weight excluding hydrogens is 372 g/mol. The van der Waals surface area contributed by atoms with Gasteiger partial charge in [0.25, 0.3) is 0 Å². The Balaban J connectivity index is 1.17. The number of hydrogen-bond donors (Lipinski definition) is 2. The first-order chi connectivity index (χ1) is 14.6. The van der Waals surface area contributed by atoms with Gasteiger partial charge in [0.15, 0.2) is 0 Å². The molecule has 0 aromatic heterocycles. The molecule has 2 fully saturated rings. The van der Waals surface area contributed by atoms with Crippen LogP contribution in [0.4, 0.5) is 0 Å². The fourth-order valence-electron chi connectivity index (χ4n) is 4.53. The lowest BCUT2D eigenvalue weighted by atomic mass is 10.0. The number of carbonyl (C=O) groups is 1. The van der Waals surface area contributed by atoms with Gasteiger partial charge in [-0.25, -0.2) is 4.79 Å². The minimum atomic E-state index is -0.861. The first kappa shape index (κ1) is 20.8. The van der Waals surface area contributed by atoms with Crippen LogP contribution in [0.2, 0.25) is 0 Å². The van der Waals surface area contributed by atoms with Crippen LogP contribution in [0.25, 0.3) is 6.08 Å². The van der Waals surface area contributed by atoms with Gasteiger partial charge in [-0.15, -0.1) is 0 Å². The summed E-state index contributed by atoms with van der Waals surface area (Å²) in [4.78, 5) is 13.5. The average molecular weight is 405 g/mol. The fourth-order valence-corrected chi connectivity index (χ4v) is 4.53. The number of carboxylic acids is 1. The Labute approximate surface area is 179 Å². The maximum Gasteiger partial charge on any atom is 0.335 e. The zero-order valence-electron chi connectivity index (χ0n) is 17.8. The Morgan fingerprint density at radius 2 is 1.80 bits per heavy atom. The number of benzene rings is 2. The molecule has 1 saturated heterocycles. The molecule has 1 heterocycles. The van der Waals surface area contributed by atoms with Gasteiger partial charge in [0.1, 0.15) is 0 Å². The smallest absolute Gasteiger partial charge is 0.335 e. The van der Waals surface area contributed by atoms with Crippen molar-refractivity contribution < 1.29 is 9.90 Å². The van der Waals surface area contributed by atoms with Gasteiger partial charge >= 0.3 is 5.97 Å². The minimum absolute atomic E-state index is 0.359. The van der Waals surface area contributed by atoms with Gasteiger partial charge in [0.05, 0.1) is 5.56 Å². The molecule has 0 unspecified atom stereocenters. The van der Waals surface area contributed by atoms with E-state index in [9.17, 15) is 4.79 Å². The lowest BCUT2D eigenvalue weighted by Gasteiger charge is -2.32. The van der Waals surface area contributed by atoms with E-state index in [0.717, 1.165) is 26.1 Å². The summed E-state index contributed by atoms with van der Waals surface area (Å²) in [6, 6.07) is 19.2. The number of piperidine rings is 1. The molecule has 2 atom stereocenters. The monoisotopic (exact) mass is 404 g/mol. The maximum atomic E-state index is 11.0. The van der Waals surface area contributed by atoms with Crippen LogP contribution in [0.1, 0.15) is 47.7 Å². The number of nitrogens with one attached hydrogen (secondary N) is 1. The highest BCUT2D eigenvalue weighted by Gasteiger charge is 2.39. The largest absolute Gasteiger partial charge is 0.478 e. The molecule has 0 amide bonds. The maximum absolute atomic E-state index is 11.0. The molecule has 1 aliphatic carbocycles. The molecule has 30 heavy (non-hydrogen) atoms. The second-order valence-corrected chi connectivity index (χ2v) is 8.78. The van der Waals surface area contributed by atoms with Crippen LogP contribution in [0.5, 0.6) is 0 Å². The van der Waals surface area contributed by atoms with Crippen molar-refractivity contribution in [1.29, 1.82) is 0 Å². The Morgan fingerprint density at radius 3 is 2.47 bits per heavy atom. The molecule has 2 aliphatic rings. The average Bonchev–Trinajstić information content (AvgIpc) is 3.53. The highest BCUT2D eigenvalue weighted by molar-refractivity contribution is 5.87. The predicted octanol–water partition coefficient (Wildman–Crippen LogP) is 4.47. The summed E-state index contributed by atoms with van der Waals surface area (Å²) in [5.74, 6) is -0.170. The number of aromatic carboxylic acids is 1. The zero-order chi connectivity index (χ0) is 20.9. The second-order valence-electron chi connectivity index (χ2n) is 8.78. The van der Waals surface area contributed by atoms with E-state index < -0.39 is 5.97 Å². The van der Waals surface area contributed by atoms with E-state index in [2.05, 4.69) is 53.5 Å². The van der Waals surface area contributed by atoms with Crippen LogP contribution in [0, 0.1) is 5.92 Å². The van der Waals surface area contributed by atoms with Gasteiger partial charge in [-0.1, -0.05) is 54.1 Å². The molecule has 158 valence electrons. The van der Waals surface area contributed by atoms with Crippen LogP contribution in [-0.4, -0.2) is 47.7 Å². The summed E-state index contributed by atoms with van der Waals surface area (Å²) in [5, 5.41) is 12.9. The Bertz CT molecular complexity index is 868. The summed E-state index contributed by atoms with van der Waals surface area (Å²) in [5.41, 5.74) is 4.36. The van der Waals surface area contributed by atoms with E-state index in [1.807, 2.05) is 12.1 Å². The molecule has 0 radical (unpaired) electrons. The molecular formula is C26H32N2O2. The van der Waals surface area contributed by atoms with Gasteiger partial charge < -0.3 is 15.3 Å². The normalized spacial score (nSPS) is 22.8. The van der Waals surface area contributed by atoms with Crippen molar-refractivity contribution in [3.05, 3.63) is 76.9 Å². The second kappa shape index (κ2) is 9.59. The predicted molar refractivity (Wildman–Crippen MR) is 122 cm³/mol. The molecule has 4 rings (SSSR count). The molecule has 1 saturated carbocycles. The summed E-state index contributed by atoms with van der Waals surface area (Å²) < 4.78 is 0. The van der Waals surface area contributed by atoms with E-state index in [0.29, 0.717) is 23.6 Å². The van der Waals surface area contributed by atoms with Crippen molar-refractivity contribution in [3.8, 4) is 0 Å². The molecule has 0 bridgehead atoms. The molecule has 2 aromatic rings. The number of carboxylic acid groups (broad SMARTS) is 1. The van der Waals surface area contributed by atoms with Crippen molar-refractivity contribution in [3.63, 3.8) is 0 Å². The lowest BCUT2D eigenvalue weighted by Crippen LogP contribution is -2.44. The van der Waals surface area contributed by atoms with Gasteiger partial charge in [-0.05, 0) is 74.9 Å². The highest BCUT2D eigenvalue weighted by atomic mass is 16.4. The number of rotatable bonds is 8. The van der Waals surface area contributed by atoms with Crippen molar-refractivity contribution in [2.45, 2.75) is 44.7 Å². The van der Waals surface area contributed by atoms with E-state index >= 15 is 0 Å². The van der Waals surface area contributed by atoms with E-state index in [1.165, 1.54) is 36.0 Å². The summed E-state index contributed by atoms with van der Waals surface area (Å²) in [7, 11) is 0. The topological polar surface area (TPSA) is 52.6 Å². The SMILES string of the molecule is CC(=Cc1ccccc1)[C@@H]1C[C@H]1NC1CCN(CCc2ccc(C(=O)O)cc2)CC1. The van der Waals surface area contributed by atoms with Crippen molar-refractivity contribution in [2.24, 2.45) is 5.92 Å². The Kier molecular flexibility index (Phi) is 6.66. The van der Waals surface area contributed by atoms with Crippen LogP contribution >= 0.6 is 0 Å². The van der Waals surface area contributed by atoms with Crippen molar-refractivity contribution in [1.82, 2.24) is 10.2 Å². The lowest BCUT2D eigenvalue weighted by molar-refractivity contribution is 0.0697. The number of nitrogens with zero attached hydrogens (tertiary/aromatic N) is 1. The fraction of sp³-hybridized carbons (Fsp3) is 0.423. The van der Waals surface area contributed by atoms with Crippen molar-refractivity contribution >= 4 is 12.0 Å². The van der Waals surface area contributed by atoms with Crippen LogP contribution in [0.15, 0.2) is 60.2 Å². The third-order valence-corrected chi connectivity index (χ3v) is 6.52. The van der Waals surface area contributed by atoms with Crippen LogP contribution < -0.4 is 5.32 Å². The van der Waals surface area contributed by atoms with Crippen molar-refractivity contribution in [2.75, 3.05) is 19.6 Å². The van der Waals surface area contributed by atoms with E-state index in [1.54, 1.807) is 12.1 Å². The molecule has 2 N–H and O–H groups in total. The molecule has 2 aromatic carbocycles. The minimum Gasteiger partial charge on any atom is -0.478 e. The molecule has 0 spiro atoms. The van der Waals surface area contributed by atoms with Crippen LogP contribution in [0.3, 0.4) is 0 Å². The van der Waals surface area contributed by atoms with Gasteiger partial charge in [0.2, 0.25) is 0 Å². The molecule has 4 heteroatoms. The zero-order valence-corrected chi connectivity index (χ0v) is 17.8. The van der Waals surface area contributed by atoms with E-state index in [-0.39, 0.29) is 0 Å². The molecule has 4 nitrogen and oxygen atoms in total. The third kappa shape index (κ3) is 5.59. The quantitative estimate of drug-likeness (QED) is 0.681. The van der Waals surface area contributed by atoms with Crippen LogP contribution in [-0.2, 0) is 6.42 Å².